The molecule has 1 N–H and O–H groups in total. The zero-order chi connectivity index (χ0) is 14.5. The molecule has 0 aromatic heterocycles. The van der Waals surface area contributed by atoms with Gasteiger partial charge in [0, 0.05) is 40.9 Å². The SMILES string of the molecule is CSc1ccc(Sc2ccccc2N2CCNCC2)cc1. The Hall–Kier alpha value is -1.10. The third-order valence-electron chi connectivity index (χ3n) is 3.61. The molecule has 0 bridgehead atoms. The van der Waals surface area contributed by atoms with Crippen LogP contribution in [-0.4, -0.2) is 32.4 Å². The molecule has 0 radical (unpaired) electrons. The van der Waals surface area contributed by atoms with Crippen molar-refractivity contribution in [2.75, 3.05) is 37.3 Å². The number of benzene rings is 2. The van der Waals surface area contributed by atoms with Gasteiger partial charge in [0.1, 0.15) is 0 Å². The molecule has 2 aromatic rings. The summed E-state index contributed by atoms with van der Waals surface area (Å²) >= 11 is 3.64. The highest BCUT2D eigenvalue weighted by molar-refractivity contribution is 7.99. The first-order valence-corrected chi connectivity index (χ1v) is 9.27. The molecular weight excluding hydrogens is 296 g/mol. The quantitative estimate of drug-likeness (QED) is 0.858. The number of thioether (sulfide) groups is 1. The van der Waals surface area contributed by atoms with Crippen LogP contribution < -0.4 is 10.2 Å². The summed E-state index contributed by atoms with van der Waals surface area (Å²) in [5.74, 6) is 0. The lowest BCUT2D eigenvalue weighted by Crippen LogP contribution is -2.43. The molecule has 0 aliphatic carbocycles. The lowest BCUT2D eigenvalue weighted by molar-refractivity contribution is 0.587. The van der Waals surface area contributed by atoms with Crippen molar-refractivity contribution >= 4 is 29.2 Å². The van der Waals surface area contributed by atoms with Gasteiger partial charge in [-0.15, -0.1) is 11.8 Å². The van der Waals surface area contributed by atoms with Gasteiger partial charge in [-0.2, -0.15) is 0 Å². The van der Waals surface area contributed by atoms with E-state index in [1.54, 1.807) is 11.8 Å². The van der Waals surface area contributed by atoms with Crippen LogP contribution in [0.2, 0.25) is 0 Å². The van der Waals surface area contributed by atoms with Crippen LogP contribution in [0.5, 0.6) is 0 Å². The third kappa shape index (κ3) is 3.76. The van der Waals surface area contributed by atoms with Crippen LogP contribution in [0.3, 0.4) is 0 Å². The first kappa shape index (κ1) is 14.8. The van der Waals surface area contributed by atoms with E-state index in [0.29, 0.717) is 0 Å². The van der Waals surface area contributed by atoms with Crippen LogP contribution in [0.15, 0.2) is 63.2 Å². The van der Waals surface area contributed by atoms with Crippen LogP contribution in [0.25, 0.3) is 0 Å². The van der Waals surface area contributed by atoms with Crippen molar-refractivity contribution < 1.29 is 0 Å². The van der Waals surface area contributed by atoms with E-state index in [1.807, 2.05) is 11.8 Å². The van der Waals surface area contributed by atoms with Gasteiger partial charge in [-0.1, -0.05) is 23.9 Å². The van der Waals surface area contributed by atoms with E-state index in [0.717, 1.165) is 26.2 Å². The number of nitrogens with one attached hydrogen (secondary N) is 1. The zero-order valence-electron chi connectivity index (χ0n) is 12.2. The van der Waals surface area contributed by atoms with E-state index in [-0.39, 0.29) is 0 Å². The summed E-state index contributed by atoms with van der Waals surface area (Å²) in [6.45, 7) is 4.31. The van der Waals surface area contributed by atoms with Gasteiger partial charge >= 0.3 is 0 Å². The van der Waals surface area contributed by atoms with E-state index in [4.69, 9.17) is 0 Å². The normalized spacial score (nSPS) is 15.2. The van der Waals surface area contributed by atoms with Gasteiger partial charge in [0.15, 0.2) is 0 Å². The highest BCUT2D eigenvalue weighted by Crippen LogP contribution is 2.36. The Bertz CT molecular complexity index is 578. The molecule has 0 saturated carbocycles. The number of hydrogen-bond acceptors (Lipinski definition) is 4. The molecule has 1 saturated heterocycles. The number of rotatable bonds is 4. The van der Waals surface area contributed by atoms with Gasteiger partial charge in [-0.25, -0.2) is 0 Å². The van der Waals surface area contributed by atoms with Crippen molar-refractivity contribution in [1.29, 1.82) is 0 Å². The Morgan fingerprint density at radius 3 is 2.29 bits per heavy atom. The van der Waals surface area contributed by atoms with Gasteiger partial charge < -0.3 is 10.2 Å². The van der Waals surface area contributed by atoms with E-state index in [1.165, 1.54) is 20.4 Å². The van der Waals surface area contributed by atoms with E-state index < -0.39 is 0 Å². The van der Waals surface area contributed by atoms with Gasteiger partial charge in [0.25, 0.3) is 0 Å². The molecule has 2 aromatic carbocycles. The highest BCUT2D eigenvalue weighted by Gasteiger charge is 2.14. The van der Waals surface area contributed by atoms with Crippen molar-refractivity contribution in [1.82, 2.24) is 5.32 Å². The molecule has 4 heteroatoms. The summed E-state index contributed by atoms with van der Waals surface area (Å²) in [4.78, 5) is 6.44. The average molecular weight is 316 g/mol. The Balaban J connectivity index is 1.80. The molecule has 1 aliphatic heterocycles. The van der Waals surface area contributed by atoms with E-state index >= 15 is 0 Å². The topological polar surface area (TPSA) is 15.3 Å². The minimum Gasteiger partial charge on any atom is -0.368 e. The molecular formula is C17H20N2S2. The minimum atomic E-state index is 1.07. The summed E-state index contributed by atoms with van der Waals surface area (Å²) in [6, 6.07) is 17.5. The maximum atomic E-state index is 3.42. The van der Waals surface area contributed by atoms with Crippen LogP contribution in [-0.2, 0) is 0 Å². The smallest absolute Gasteiger partial charge is 0.0508 e. The molecule has 3 rings (SSSR count). The van der Waals surface area contributed by atoms with Crippen molar-refractivity contribution in [3.63, 3.8) is 0 Å². The number of nitrogens with zero attached hydrogens (tertiary/aromatic N) is 1. The Morgan fingerprint density at radius 2 is 1.57 bits per heavy atom. The monoisotopic (exact) mass is 316 g/mol. The Kier molecular flexibility index (Phi) is 5.12. The summed E-state index contributed by atoms with van der Waals surface area (Å²) in [5, 5.41) is 3.42. The Morgan fingerprint density at radius 1 is 0.905 bits per heavy atom. The maximum absolute atomic E-state index is 3.42. The van der Waals surface area contributed by atoms with Crippen molar-refractivity contribution in [2.45, 2.75) is 14.7 Å². The van der Waals surface area contributed by atoms with Crippen molar-refractivity contribution in [3.8, 4) is 0 Å². The summed E-state index contributed by atoms with van der Waals surface area (Å²) in [7, 11) is 0. The molecule has 0 spiro atoms. The number of anilines is 1. The molecule has 21 heavy (non-hydrogen) atoms. The van der Waals surface area contributed by atoms with Crippen molar-refractivity contribution in [3.05, 3.63) is 48.5 Å². The lowest BCUT2D eigenvalue weighted by Gasteiger charge is -2.31. The molecule has 1 aliphatic rings. The first-order valence-electron chi connectivity index (χ1n) is 7.23. The second-order valence-electron chi connectivity index (χ2n) is 4.98. The number of para-hydroxylation sites is 1. The summed E-state index contributed by atoms with van der Waals surface area (Å²) in [6.07, 6.45) is 2.11. The van der Waals surface area contributed by atoms with Gasteiger partial charge in [0.05, 0.1) is 5.69 Å². The average Bonchev–Trinajstić information content (AvgIpc) is 2.57. The van der Waals surface area contributed by atoms with E-state index in [9.17, 15) is 0 Å². The fourth-order valence-corrected chi connectivity index (χ4v) is 3.86. The number of hydrogen-bond donors (Lipinski definition) is 1. The minimum absolute atomic E-state index is 1.07. The molecule has 0 amide bonds. The number of piperazine rings is 1. The third-order valence-corrected chi connectivity index (χ3v) is 5.43. The second-order valence-corrected chi connectivity index (χ2v) is 6.98. The maximum Gasteiger partial charge on any atom is 0.0508 e. The molecule has 0 atom stereocenters. The van der Waals surface area contributed by atoms with Crippen LogP contribution in [0.1, 0.15) is 0 Å². The predicted octanol–water partition coefficient (Wildman–Crippen LogP) is 3.97. The zero-order valence-corrected chi connectivity index (χ0v) is 13.8. The molecule has 1 fully saturated rings. The van der Waals surface area contributed by atoms with Crippen molar-refractivity contribution in [2.24, 2.45) is 0 Å². The summed E-state index contributed by atoms with van der Waals surface area (Å²) < 4.78 is 0. The molecule has 110 valence electrons. The van der Waals surface area contributed by atoms with Gasteiger partial charge in [0.2, 0.25) is 0 Å². The van der Waals surface area contributed by atoms with Gasteiger partial charge in [-0.05, 0) is 42.7 Å². The van der Waals surface area contributed by atoms with Crippen LogP contribution >= 0.6 is 23.5 Å². The fourth-order valence-electron chi connectivity index (χ4n) is 2.48. The fraction of sp³-hybridized carbons (Fsp3) is 0.294. The van der Waals surface area contributed by atoms with Crippen LogP contribution in [0, 0.1) is 0 Å². The standard InChI is InChI=1S/C17H20N2S2/c1-20-14-6-8-15(9-7-14)21-17-5-3-2-4-16(17)19-12-10-18-11-13-19/h2-9,18H,10-13H2,1H3. The first-order chi connectivity index (χ1) is 10.4. The lowest BCUT2D eigenvalue weighted by atomic mass is 10.2. The second kappa shape index (κ2) is 7.25. The highest BCUT2D eigenvalue weighted by atomic mass is 32.2. The largest absolute Gasteiger partial charge is 0.368 e. The molecule has 0 unspecified atom stereocenters. The van der Waals surface area contributed by atoms with E-state index in [2.05, 4.69) is 65.0 Å². The van der Waals surface area contributed by atoms with Gasteiger partial charge in [-0.3, -0.25) is 0 Å². The Labute approximate surface area is 135 Å². The van der Waals surface area contributed by atoms with Crippen LogP contribution in [0.4, 0.5) is 5.69 Å². The summed E-state index contributed by atoms with van der Waals surface area (Å²) in [5.41, 5.74) is 1.36. The predicted molar refractivity (Wildman–Crippen MR) is 93.9 cm³/mol. The molecule has 1 heterocycles. The molecule has 2 nitrogen and oxygen atoms in total.